The summed E-state index contributed by atoms with van der Waals surface area (Å²) in [4.78, 5) is 25.2. The van der Waals surface area contributed by atoms with Gasteiger partial charge in [0.25, 0.3) is 5.91 Å². The van der Waals surface area contributed by atoms with Crippen molar-refractivity contribution in [3.63, 3.8) is 0 Å². The molecule has 0 aliphatic carbocycles. The van der Waals surface area contributed by atoms with Gasteiger partial charge in [0.05, 0.1) is 18.8 Å². The van der Waals surface area contributed by atoms with Gasteiger partial charge < -0.3 is 14.6 Å². The normalized spacial score (nSPS) is 11.8. The van der Waals surface area contributed by atoms with Gasteiger partial charge >= 0.3 is 0 Å². The molecule has 2 N–H and O–H groups in total. The Hall–Kier alpha value is -2.60. The quantitative estimate of drug-likeness (QED) is 0.857. The van der Waals surface area contributed by atoms with Crippen molar-refractivity contribution in [3.8, 4) is 0 Å². The fourth-order valence-corrected chi connectivity index (χ4v) is 2.04. The van der Waals surface area contributed by atoms with Gasteiger partial charge in [-0.2, -0.15) is 0 Å². The van der Waals surface area contributed by atoms with E-state index in [0.29, 0.717) is 11.3 Å². The van der Waals surface area contributed by atoms with Crippen LogP contribution in [-0.4, -0.2) is 37.4 Å². The molecule has 23 heavy (non-hydrogen) atoms. The molecule has 6 nitrogen and oxygen atoms in total. The third kappa shape index (κ3) is 4.69. The number of nitrogens with zero attached hydrogens (tertiary/aromatic N) is 1. The van der Waals surface area contributed by atoms with E-state index >= 15 is 0 Å². The summed E-state index contributed by atoms with van der Waals surface area (Å²) in [5.74, 6) is 0.552. The summed E-state index contributed by atoms with van der Waals surface area (Å²) in [6.45, 7) is 2.09. The van der Waals surface area contributed by atoms with E-state index in [1.165, 1.54) is 4.90 Å². The molecule has 1 heterocycles. The van der Waals surface area contributed by atoms with E-state index in [2.05, 4.69) is 10.6 Å². The summed E-state index contributed by atoms with van der Waals surface area (Å²) in [5.41, 5.74) is 1.23. The highest BCUT2D eigenvalue weighted by Crippen LogP contribution is 2.13. The van der Waals surface area contributed by atoms with E-state index in [-0.39, 0.29) is 24.4 Å². The summed E-state index contributed by atoms with van der Waals surface area (Å²) < 4.78 is 5.27. The van der Waals surface area contributed by atoms with Gasteiger partial charge in [0.2, 0.25) is 5.91 Å². The second-order valence-electron chi connectivity index (χ2n) is 5.44. The third-order valence-corrected chi connectivity index (χ3v) is 3.36. The first kappa shape index (κ1) is 16.8. The number of hydrogen-bond acceptors (Lipinski definition) is 4. The SMILES string of the molecule is C[C@@H](NCC(=O)Nc1ccc(C(=O)N(C)C)cc1)c1ccco1. The number of carbonyl (C=O) groups excluding carboxylic acids is 2. The second-order valence-corrected chi connectivity index (χ2v) is 5.44. The van der Waals surface area contributed by atoms with Gasteiger partial charge in [0, 0.05) is 25.3 Å². The molecule has 0 saturated heterocycles. The van der Waals surface area contributed by atoms with Crippen LogP contribution in [0.3, 0.4) is 0 Å². The highest BCUT2D eigenvalue weighted by Gasteiger charge is 2.11. The lowest BCUT2D eigenvalue weighted by molar-refractivity contribution is -0.115. The molecule has 0 bridgehead atoms. The monoisotopic (exact) mass is 315 g/mol. The number of hydrogen-bond donors (Lipinski definition) is 2. The minimum absolute atomic E-state index is 0.0455. The van der Waals surface area contributed by atoms with Gasteiger partial charge in [0.15, 0.2) is 0 Å². The summed E-state index contributed by atoms with van der Waals surface area (Å²) in [5, 5.41) is 5.86. The van der Waals surface area contributed by atoms with Crippen molar-refractivity contribution in [2.24, 2.45) is 0 Å². The van der Waals surface area contributed by atoms with Crippen LogP contribution in [0.15, 0.2) is 47.1 Å². The number of nitrogens with one attached hydrogen (secondary N) is 2. The zero-order chi connectivity index (χ0) is 16.8. The largest absolute Gasteiger partial charge is 0.468 e. The highest BCUT2D eigenvalue weighted by molar-refractivity contribution is 5.95. The molecule has 0 fully saturated rings. The van der Waals surface area contributed by atoms with Crippen LogP contribution in [0.5, 0.6) is 0 Å². The number of furan rings is 1. The maximum absolute atomic E-state index is 11.9. The van der Waals surface area contributed by atoms with Crippen molar-refractivity contribution >= 4 is 17.5 Å². The second kappa shape index (κ2) is 7.60. The van der Waals surface area contributed by atoms with Crippen LogP contribution in [0.4, 0.5) is 5.69 Å². The molecule has 1 aromatic carbocycles. The molecule has 6 heteroatoms. The van der Waals surface area contributed by atoms with Crippen LogP contribution in [0.1, 0.15) is 29.1 Å². The Bertz CT molecular complexity index is 648. The standard InChI is InChI=1S/C17H21N3O3/c1-12(15-5-4-10-23-15)18-11-16(21)19-14-8-6-13(7-9-14)17(22)20(2)3/h4-10,12,18H,11H2,1-3H3,(H,19,21)/t12-/m1/s1. The minimum atomic E-state index is -0.157. The number of carbonyl (C=O) groups is 2. The molecule has 2 rings (SSSR count). The lowest BCUT2D eigenvalue weighted by atomic mass is 10.2. The lowest BCUT2D eigenvalue weighted by Gasteiger charge is -2.12. The molecule has 122 valence electrons. The predicted molar refractivity (Wildman–Crippen MR) is 88.2 cm³/mol. The maximum atomic E-state index is 11.9. The molecular formula is C17H21N3O3. The van der Waals surface area contributed by atoms with Crippen molar-refractivity contribution < 1.29 is 14.0 Å². The average Bonchev–Trinajstić information content (AvgIpc) is 3.07. The Morgan fingerprint density at radius 1 is 1.17 bits per heavy atom. The van der Waals surface area contributed by atoms with E-state index in [9.17, 15) is 9.59 Å². The molecule has 0 radical (unpaired) electrons. The van der Waals surface area contributed by atoms with Crippen LogP contribution >= 0.6 is 0 Å². The fraction of sp³-hybridized carbons (Fsp3) is 0.294. The minimum Gasteiger partial charge on any atom is -0.468 e. The summed E-state index contributed by atoms with van der Waals surface area (Å²) in [6, 6.07) is 10.4. The average molecular weight is 315 g/mol. The first-order chi connectivity index (χ1) is 11.0. The van der Waals surface area contributed by atoms with E-state index in [4.69, 9.17) is 4.42 Å². The van der Waals surface area contributed by atoms with Crippen molar-refractivity contribution in [1.29, 1.82) is 0 Å². The fourth-order valence-electron chi connectivity index (χ4n) is 2.04. The van der Waals surface area contributed by atoms with Crippen molar-refractivity contribution in [3.05, 3.63) is 54.0 Å². The molecule has 0 spiro atoms. The number of amides is 2. The number of benzene rings is 1. The molecule has 0 aliphatic heterocycles. The van der Waals surface area contributed by atoms with Crippen LogP contribution in [-0.2, 0) is 4.79 Å². The van der Waals surface area contributed by atoms with Crippen molar-refractivity contribution in [1.82, 2.24) is 10.2 Å². The summed E-state index contributed by atoms with van der Waals surface area (Å²) in [6.07, 6.45) is 1.60. The smallest absolute Gasteiger partial charge is 0.253 e. The Morgan fingerprint density at radius 2 is 1.87 bits per heavy atom. The van der Waals surface area contributed by atoms with Crippen LogP contribution in [0.25, 0.3) is 0 Å². The van der Waals surface area contributed by atoms with E-state index in [1.807, 2.05) is 19.1 Å². The van der Waals surface area contributed by atoms with Gasteiger partial charge in [-0.05, 0) is 43.3 Å². The Morgan fingerprint density at radius 3 is 2.43 bits per heavy atom. The predicted octanol–water partition coefficient (Wildman–Crippen LogP) is 2.27. The molecule has 1 atom stereocenters. The maximum Gasteiger partial charge on any atom is 0.253 e. The van der Waals surface area contributed by atoms with E-state index < -0.39 is 0 Å². The zero-order valence-electron chi connectivity index (χ0n) is 13.5. The van der Waals surface area contributed by atoms with Gasteiger partial charge in [-0.15, -0.1) is 0 Å². The number of rotatable bonds is 6. The molecule has 0 aliphatic rings. The van der Waals surface area contributed by atoms with Crippen molar-refractivity contribution in [2.45, 2.75) is 13.0 Å². The van der Waals surface area contributed by atoms with E-state index in [0.717, 1.165) is 5.76 Å². The molecule has 2 aromatic rings. The molecule has 1 aromatic heterocycles. The van der Waals surface area contributed by atoms with Crippen molar-refractivity contribution in [2.75, 3.05) is 26.0 Å². The first-order valence-electron chi connectivity index (χ1n) is 7.35. The van der Waals surface area contributed by atoms with Crippen LogP contribution in [0.2, 0.25) is 0 Å². The van der Waals surface area contributed by atoms with Crippen LogP contribution in [0, 0.1) is 0 Å². The molecule has 0 unspecified atom stereocenters. The Balaban J connectivity index is 1.84. The first-order valence-corrected chi connectivity index (χ1v) is 7.35. The van der Waals surface area contributed by atoms with Crippen LogP contribution < -0.4 is 10.6 Å². The highest BCUT2D eigenvalue weighted by atomic mass is 16.3. The Kier molecular flexibility index (Phi) is 5.54. The van der Waals surface area contributed by atoms with Gasteiger partial charge in [-0.3, -0.25) is 14.9 Å². The zero-order valence-corrected chi connectivity index (χ0v) is 13.5. The Labute approximate surface area is 135 Å². The summed E-state index contributed by atoms with van der Waals surface area (Å²) in [7, 11) is 3.40. The van der Waals surface area contributed by atoms with Gasteiger partial charge in [-0.25, -0.2) is 0 Å². The van der Waals surface area contributed by atoms with Gasteiger partial charge in [-0.1, -0.05) is 0 Å². The molecule has 2 amide bonds. The third-order valence-electron chi connectivity index (χ3n) is 3.36. The number of anilines is 1. The lowest BCUT2D eigenvalue weighted by Crippen LogP contribution is -2.30. The molecule has 0 saturated carbocycles. The molecular weight excluding hydrogens is 294 g/mol. The summed E-state index contributed by atoms with van der Waals surface area (Å²) >= 11 is 0. The van der Waals surface area contributed by atoms with Gasteiger partial charge in [0.1, 0.15) is 5.76 Å². The van der Waals surface area contributed by atoms with E-state index in [1.54, 1.807) is 44.6 Å². The topological polar surface area (TPSA) is 74.6 Å².